The second-order valence-electron chi connectivity index (χ2n) is 6.96. The van der Waals surface area contributed by atoms with Crippen LogP contribution in [0.3, 0.4) is 0 Å². The second kappa shape index (κ2) is 8.81. The lowest BCUT2D eigenvalue weighted by Crippen LogP contribution is -2.34. The molecule has 0 spiro atoms. The Balaban J connectivity index is 1.64. The van der Waals surface area contributed by atoms with E-state index in [1.807, 2.05) is 62.4 Å². The highest BCUT2D eigenvalue weighted by Gasteiger charge is 2.22. The summed E-state index contributed by atoms with van der Waals surface area (Å²) in [5.41, 5.74) is 3.70. The van der Waals surface area contributed by atoms with Gasteiger partial charge in [-0.15, -0.1) is 0 Å². The average molecular weight is 438 g/mol. The smallest absolute Gasteiger partial charge is 0.267 e. The number of halogens is 1. The van der Waals surface area contributed by atoms with Crippen molar-refractivity contribution in [3.05, 3.63) is 82.6 Å². The predicted molar refractivity (Wildman–Crippen MR) is 121 cm³/mol. The van der Waals surface area contributed by atoms with Gasteiger partial charge in [-0.05, 0) is 60.9 Å². The van der Waals surface area contributed by atoms with Gasteiger partial charge in [-0.25, -0.2) is 4.98 Å². The van der Waals surface area contributed by atoms with E-state index in [4.69, 9.17) is 21.3 Å². The molecule has 0 bridgehead atoms. The lowest BCUT2D eigenvalue weighted by Gasteiger charge is -2.20. The summed E-state index contributed by atoms with van der Waals surface area (Å²) >= 11 is 7.71. The molecular weight excluding hydrogens is 418 g/mol. The maximum atomic E-state index is 13.2. The molecule has 7 heteroatoms. The minimum absolute atomic E-state index is 0.0839. The monoisotopic (exact) mass is 437 g/mol. The van der Waals surface area contributed by atoms with Gasteiger partial charge in [0.15, 0.2) is 11.7 Å². The van der Waals surface area contributed by atoms with Crippen LogP contribution in [0, 0.1) is 13.8 Å². The van der Waals surface area contributed by atoms with Crippen molar-refractivity contribution in [2.24, 2.45) is 0 Å². The van der Waals surface area contributed by atoms with Gasteiger partial charge in [-0.2, -0.15) is 0 Å². The summed E-state index contributed by atoms with van der Waals surface area (Å²) in [4.78, 5) is 23.7. The fraction of sp³-hybridized carbons (Fsp3) is 0.174. The maximum Gasteiger partial charge on any atom is 0.267 e. The summed E-state index contributed by atoms with van der Waals surface area (Å²) in [5, 5.41) is 1.27. The summed E-state index contributed by atoms with van der Waals surface area (Å²) in [5.74, 6) is 0.486. The number of benzene rings is 2. The molecule has 2 aromatic heterocycles. The van der Waals surface area contributed by atoms with E-state index in [1.165, 1.54) is 11.3 Å². The second-order valence-corrected chi connectivity index (χ2v) is 8.38. The zero-order valence-corrected chi connectivity index (χ0v) is 18.2. The molecule has 0 fully saturated rings. The molecule has 2 aromatic carbocycles. The van der Waals surface area contributed by atoms with Crippen molar-refractivity contribution in [1.82, 2.24) is 9.97 Å². The Morgan fingerprint density at radius 1 is 1.17 bits per heavy atom. The third-order valence-electron chi connectivity index (χ3n) is 4.68. The number of carbonyl (C=O) groups is 1. The third kappa shape index (κ3) is 4.45. The number of hydrogen-bond donors (Lipinski definition) is 0. The van der Waals surface area contributed by atoms with Crippen molar-refractivity contribution < 1.29 is 9.53 Å². The largest absolute Gasteiger partial charge is 0.484 e. The van der Waals surface area contributed by atoms with Gasteiger partial charge in [0, 0.05) is 17.4 Å². The number of aromatic nitrogens is 2. The fourth-order valence-electron chi connectivity index (χ4n) is 3.07. The van der Waals surface area contributed by atoms with Crippen LogP contribution in [0.1, 0.15) is 16.7 Å². The Bertz CT molecular complexity index is 1190. The number of carbonyl (C=O) groups excluding carboxylic acids is 1. The van der Waals surface area contributed by atoms with Gasteiger partial charge < -0.3 is 4.74 Å². The highest BCUT2D eigenvalue weighted by atomic mass is 35.5. The molecule has 0 aliphatic rings. The summed E-state index contributed by atoms with van der Waals surface area (Å²) < 4.78 is 6.74. The van der Waals surface area contributed by atoms with Gasteiger partial charge in [-0.3, -0.25) is 14.7 Å². The molecule has 0 unspecified atom stereocenters. The zero-order valence-electron chi connectivity index (χ0n) is 16.6. The molecular formula is C23H20ClN3O2S. The molecule has 0 saturated heterocycles. The van der Waals surface area contributed by atoms with Gasteiger partial charge in [0.1, 0.15) is 5.75 Å². The Labute approximate surface area is 183 Å². The molecule has 4 aromatic rings. The van der Waals surface area contributed by atoms with Crippen LogP contribution in [0.2, 0.25) is 5.02 Å². The van der Waals surface area contributed by atoms with Gasteiger partial charge in [0.2, 0.25) is 0 Å². The van der Waals surface area contributed by atoms with Crippen molar-refractivity contribution in [1.29, 1.82) is 0 Å². The van der Waals surface area contributed by atoms with E-state index < -0.39 is 0 Å². The molecule has 0 aliphatic heterocycles. The zero-order chi connectivity index (χ0) is 21.1. The molecule has 0 aliphatic carbocycles. The minimum atomic E-state index is -0.178. The standard InChI is InChI=1S/C23H20ClN3O2S/c1-15-5-3-7-18(11-15)29-14-21(28)27(13-17-6-4-10-25-12-17)23-26-22-16(2)19(24)8-9-20(22)30-23/h3-12H,13-14H2,1-2H3. The van der Waals surface area contributed by atoms with Crippen LogP contribution in [-0.4, -0.2) is 22.5 Å². The molecule has 152 valence electrons. The fourth-order valence-corrected chi connectivity index (χ4v) is 4.26. The van der Waals surface area contributed by atoms with Crippen molar-refractivity contribution in [2.45, 2.75) is 20.4 Å². The number of ether oxygens (including phenoxy) is 1. The maximum absolute atomic E-state index is 13.2. The minimum Gasteiger partial charge on any atom is -0.484 e. The quantitative estimate of drug-likeness (QED) is 0.395. The number of rotatable bonds is 6. The number of aryl methyl sites for hydroxylation is 2. The summed E-state index contributed by atoms with van der Waals surface area (Å²) in [6, 6.07) is 15.2. The molecule has 0 N–H and O–H groups in total. The normalized spacial score (nSPS) is 10.9. The van der Waals surface area contributed by atoms with E-state index in [-0.39, 0.29) is 12.5 Å². The lowest BCUT2D eigenvalue weighted by atomic mass is 10.2. The lowest BCUT2D eigenvalue weighted by molar-refractivity contribution is -0.120. The van der Waals surface area contributed by atoms with E-state index in [9.17, 15) is 4.79 Å². The number of fused-ring (bicyclic) bond motifs is 1. The first kappa shape index (κ1) is 20.3. The van der Waals surface area contributed by atoms with Crippen LogP contribution in [0.5, 0.6) is 5.75 Å². The number of thiazole rings is 1. The van der Waals surface area contributed by atoms with E-state index in [0.29, 0.717) is 22.4 Å². The van der Waals surface area contributed by atoms with Crippen LogP contribution >= 0.6 is 22.9 Å². The first-order chi connectivity index (χ1) is 14.5. The number of pyridine rings is 1. The van der Waals surface area contributed by atoms with Gasteiger partial charge in [0.05, 0.1) is 16.8 Å². The molecule has 4 rings (SSSR count). The Morgan fingerprint density at radius 2 is 2.03 bits per heavy atom. The van der Waals surface area contributed by atoms with E-state index in [0.717, 1.165) is 26.9 Å². The first-order valence-electron chi connectivity index (χ1n) is 9.45. The molecule has 1 amide bonds. The number of amides is 1. The van der Waals surface area contributed by atoms with Crippen LogP contribution < -0.4 is 9.64 Å². The molecule has 30 heavy (non-hydrogen) atoms. The molecule has 0 saturated carbocycles. The van der Waals surface area contributed by atoms with Gasteiger partial charge in [0.25, 0.3) is 5.91 Å². The molecule has 0 radical (unpaired) electrons. The first-order valence-corrected chi connectivity index (χ1v) is 10.6. The predicted octanol–water partition coefficient (Wildman–Crippen LogP) is 5.57. The topological polar surface area (TPSA) is 55.3 Å². The van der Waals surface area contributed by atoms with Crippen LogP contribution in [0.25, 0.3) is 10.2 Å². The van der Waals surface area contributed by atoms with Gasteiger partial charge >= 0.3 is 0 Å². The number of nitrogens with zero attached hydrogens (tertiary/aromatic N) is 3. The summed E-state index contributed by atoms with van der Waals surface area (Å²) in [6.07, 6.45) is 3.46. The SMILES string of the molecule is Cc1cccc(OCC(=O)N(Cc2cccnc2)c2nc3c(C)c(Cl)ccc3s2)c1. The van der Waals surface area contributed by atoms with Crippen molar-refractivity contribution in [2.75, 3.05) is 11.5 Å². The number of hydrogen-bond acceptors (Lipinski definition) is 5. The van der Waals surface area contributed by atoms with E-state index in [1.54, 1.807) is 17.3 Å². The average Bonchev–Trinajstić information content (AvgIpc) is 3.18. The Kier molecular flexibility index (Phi) is 5.97. The highest BCUT2D eigenvalue weighted by molar-refractivity contribution is 7.22. The van der Waals surface area contributed by atoms with Crippen LogP contribution in [0.15, 0.2) is 60.9 Å². The van der Waals surface area contributed by atoms with E-state index in [2.05, 4.69) is 4.98 Å². The molecule has 2 heterocycles. The van der Waals surface area contributed by atoms with E-state index >= 15 is 0 Å². The summed E-state index contributed by atoms with van der Waals surface area (Å²) in [6.45, 7) is 4.19. The number of anilines is 1. The Morgan fingerprint density at radius 3 is 2.80 bits per heavy atom. The highest BCUT2D eigenvalue weighted by Crippen LogP contribution is 2.34. The van der Waals surface area contributed by atoms with Gasteiger partial charge in [-0.1, -0.05) is 41.1 Å². The van der Waals surface area contributed by atoms with Crippen molar-refractivity contribution in [3.63, 3.8) is 0 Å². The summed E-state index contributed by atoms with van der Waals surface area (Å²) in [7, 11) is 0. The third-order valence-corrected chi connectivity index (χ3v) is 6.14. The van der Waals surface area contributed by atoms with Crippen LogP contribution in [-0.2, 0) is 11.3 Å². The Hall–Kier alpha value is -2.96. The van der Waals surface area contributed by atoms with Crippen LogP contribution in [0.4, 0.5) is 5.13 Å². The molecule has 0 atom stereocenters. The van der Waals surface area contributed by atoms with Crippen molar-refractivity contribution in [3.8, 4) is 5.75 Å². The molecule has 5 nitrogen and oxygen atoms in total. The van der Waals surface area contributed by atoms with Crippen molar-refractivity contribution >= 4 is 44.2 Å².